The summed E-state index contributed by atoms with van der Waals surface area (Å²) in [5.41, 5.74) is 0.114. The quantitative estimate of drug-likeness (QED) is 0.714. The van der Waals surface area contributed by atoms with E-state index in [1.165, 1.54) is 12.1 Å². The molecule has 1 saturated carbocycles. The van der Waals surface area contributed by atoms with Crippen molar-refractivity contribution in [3.05, 3.63) is 24.0 Å². The molecule has 7 nitrogen and oxygen atoms in total. The molecule has 0 bridgehead atoms. The monoisotopic (exact) mass is 380 g/mol. The van der Waals surface area contributed by atoms with Gasteiger partial charge in [-0.05, 0) is 44.7 Å². The van der Waals surface area contributed by atoms with Crippen LogP contribution < -0.4 is 5.32 Å². The Kier molecular flexibility index (Phi) is 5.08. The number of phenols is 1. The molecule has 0 aliphatic heterocycles. The number of amides is 1. The van der Waals surface area contributed by atoms with Crippen molar-refractivity contribution in [1.29, 1.82) is 0 Å². The Bertz CT molecular complexity index is 848. The highest BCUT2D eigenvalue weighted by atomic mass is 32.2. The first kappa shape index (κ1) is 18.5. The van der Waals surface area contributed by atoms with E-state index in [0.29, 0.717) is 11.7 Å². The molecule has 0 radical (unpaired) electrons. The molecule has 3 rings (SSSR count). The van der Waals surface area contributed by atoms with Crippen LogP contribution in [0.25, 0.3) is 11.4 Å². The number of aromatic nitrogens is 3. The summed E-state index contributed by atoms with van der Waals surface area (Å²) in [5, 5.41) is 18.2. The van der Waals surface area contributed by atoms with E-state index in [1.54, 1.807) is 13.8 Å². The van der Waals surface area contributed by atoms with Crippen molar-refractivity contribution in [3.8, 4) is 17.1 Å². The predicted molar refractivity (Wildman–Crippen MR) is 96.5 cm³/mol. The Hall–Kier alpha value is -2.29. The zero-order chi connectivity index (χ0) is 18.9. The van der Waals surface area contributed by atoms with E-state index in [4.69, 9.17) is 0 Å². The first-order valence-corrected chi connectivity index (χ1v) is 9.70. The third-order valence-electron chi connectivity index (χ3n) is 4.65. The van der Waals surface area contributed by atoms with Crippen LogP contribution in [0, 0.1) is 11.7 Å². The second-order valence-electron chi connectivity index (χ2n) is 6.95. The minimum atomic E-state index is -1.31. The molecular formula is C17H21FN4O3S. The minimum absolute atomic E-state index is 0.0220. The highest BCUT2D eigenvalue weighted by molar-refractivity contribution is 7.87. The Balaban J connectivity index is 1.69. The number of carbonyl (C=O) groups excluding carboxylic acids is 1. The number of nitrogens with zero attached hydrogens (tertiary/aromatic N) is 2. The molecule has 1 fully saturated rings. The van der Waals surface area contributed by atoms with E-state index in [-0.39, 0.29) is 23.1 Å². The average Bonchev–Trinajstić information content (AvgIpc) is 2.98. The number of anilines is 1. The van der Waals surface area contributed by atoms with E-state index in [2.05, 4.69) is 20.5 Å². The molecule has 1 atom stereocenters. The Morgan fingerprint density at radius 1 is 1.46 bits per heavy atom. The van der Waals surface area contributed by atoms with Crippen LogP contribution in [0.2, 0.25) is 0 Å². The van der Waals surface area contributed by atoms with Crippen molar-refractivity contribution in [3.63, 3.8) is 0 Å². The van der Waals surface area contributed by atoms with Crippen LogP contribution in [0.3, 0.4) is 0 Å². The number of rotatable bonds is 6. The molecule has 2 aromatic rings. The number of nitrogens with one attached hydrogen (secondary N) is 2. The Morgan fingerprint density at radius 3 is 2.81 bits per heavy atom. The van der Waals surface area contributed by atoms with E-state index in [9.17, 15) is 18.5 Å². The summed E-state index contributed by atoms with van der Waals surface area (Å²) < 4.78 is 25.3. The minimum Gasteiger partial charge on any atom is -0.508 e. The molecule has 26 heavy (non-hydrogen) atoms. The van der Waals surface area contributed by atoms with Crippen LogP contribution in [-0.4, -0.2) is 40.9 Å². The van der Waals surface area contributed by atoms with Crippen LogP contribution >= 0.6 is 0 Å². The molecule has 1 amide bonds. The third kappa shape index (κ3) is 3.77. The molecule has 3 N–H and O–H groups in total. The van der Waals surface area contributed by atoms with Crippen molar-refractivity contribution >= 4 is 22.7 Å². The summed E-state index contributed by atoms with van der Waals surface area (Å²) in [7, 11) is -1.31. The molecule has 9 heteroatoms. The van der Waals surface area contributed by atoms with Crippen LogP contribution in [-0.2, 0) is 15.6 Å². The highest BCUT2D eigenvalue weighted by Gasteiger charge is 2.37. The highest BCUT2D eigenvalue weighted by Crippen LogP contribution is 2.30. The van der Waals surface area contributed by atoms with Crippen molar-refractivity contribution in [2.45, 2.75) is 37.9 Å². The number of halogens is 1. The fourth-order valence-corrected chi connectivity index (χ4v) is 4.01. The van der Waals surface area contributed by atoms with Gasteiger partial charge in [0.15, 0.2) is 5.82 Å². The zero-order valence-electron chi connectivity index (χ0n) is 14.6. The number of carbonyl (C=O) groups is 1. The second kappa shape index (κ2) is 7.14. The summed E-state index contributed by atoms with van der Waals surface area (Å²) in [6.07, 6.45) is 3.28. The molecule has 1 aliphatic carbocycles. The SMILES string of the molecule is CC(C)(C(=O)Nc1n[nH]c(-c2ccc(O)cc2F)n1)S(=O)CC1CCC1. The molecule has 1 heterocycles. The molecule has 1 aliphatic rings. The van der Waals surface area contributed by atoms with Gasteiger partial charge in [0.2, 0.25) is 11.9 Å². The van der Waals surface area contributed by atoms with Gasteiger partial charge < -0.3 is 5.11 Å². The average molecular weight is 380 g/mol. The molecule has 0 saturated heterocycles. The van der Waals surface area contributed by atoms with Gasteiger partial charge in [0.1, 0.15) is 16.3 Å². The van der Waals surface area contributed by atoms with Crippen molar-refractivity contribution < 1.29 is 18.5 Å². The first-order chi connectivity index (χ1) is 12.3. The number of aromatic amines is 1. The van der Waals surface area contributed by atoms with Crippen molar-refractivity contribution in [2.75, 3.05) is 11.1 Å². The Morgan fingerprint density at radius 2 is 2.19 bits per heavy atom. The molecular weight excluding hydrogens is 359 g/mol. The number of aromatic hydroxyl groups is 1. The van der Waals surface area contributed by atoms with Crippen molar-refractivity contribution in [2.24, 2.45) is 5.92 Å². The summed E-state index contributed by atoms with van der Waals surface area (Å²) in [6, 6.07) is 3.64. The topological polar surface area (TPSA) is 108 Å². The number of H-pyrrole nitrogens is 1. The van der Waals surface area contributed by atoms with Gasteiger partial charge in [-0.25, -0.2) is 4.39 Å². The van der Waals surface area contributed by atoms with Crippen molar-refractivity contribution in [1.82, 2.24) is 15.2 Å². The second-order valence-corrected chi connectivity index (χ2v) is 8.99. The number of hydrogen-bond acceptors (Lipinski definition) is 5. The van der Waals surface area contributed by atoms with Gasteiger partial charge in [-0.1, -0.05) is 6.42 Å². The standard InChI is InChI=1S/C17H21FN4O3S/c1-17(2,26(25)9-10-4-3-5-10)15(24)20-16-19-14(21-22-16)12-7-6-11(23)8-13(12)18/h6-8,10,23H,3-5,9H2,1-2H3,(H2,19,20,21,22,24). The maximum Gasteiger partial charge on any atom is 0.249 e. The van der Waals surface area contributed by atoms with Crippen LogP contribution in [0.15, 0.2) is 18.2 Å². The van der Waals surface area contributed by atoms with Gasteiger partial charge in [0.05, 0.1) is 5.56 Å². The smallest absolute Gasteiger partial charge is 0.249 e. The fourth-order valence-electron chi connectivity index (χ4n) is 2.57. The van der Waals surface area contributed by atoms with Crippen LogP contribution in [0.5, 0.6) is 5.75 Å². The summed E-state index contributed by atoms with van der Waals surface area (Å²) in [6.45, 7) is 3.26. The lowest BCUT2D eigenvalue weighted by Crippen LogP contribution is -2.43. The van der Waals surface area contributed by atoms with Crippen LogP contribution in [0.1, 0.15) is 33.1 Å². The molecule has 1 aromatic carbocycles. The number of phenolic OH excluding ortho intramolecular Hbond substituents is 1. The summed E-state index contributed by atoms with van der Waals surface area (Å²) >= 11 is 0. The largest absolute Gasteiger partial charge is 0.508 e. The lowest BCUT2D eigenvalue weighted by molar-refractivity contribution is -0.117. The summed E-state index contributed by atoms with van der Waals surface area (Å²) in [5.74, 6) is -0.283. The van der Waals surface area contributed by atoms with Gasteiger partial charge in [0.25, 0.3) is 0 Å². The maximum absolute atomic E-state index is 13.9. The van der Waals surface area contributed by atoms with Gasteiger partial charge in [-0.15, -0.1) is 5.10 Å². The lowest BCUT2D eigenvalue weighted by atomic mass is 9.87. The van der Waals surface area contributed by atoms with E-state index >= 15 is 0 Å². The Labute approximate surface area is 152 Å². The molecule has 1 aromatic heterocycles. The predicted octanol–water partition coefficient (Wildman–Crippen LogP) is 2.58. The van der Waals surface area contributed by atoms with E-state index in [1.807, 2.05) is 0 Å². The lowest BCUT2D eigenvalue weighted by Gasteiger charge is -2.29. The van der Waals surface area contributed by atoms with Gasteiger partial charge in [0, 0.05) is 22.6 Å². The number of hydrogen-bond donors (Lipinski definition) is 3. The summed E-state index contributed by atoms with van der Waals surface area (Å²) in [4.78, 5) is 16.6. The van der Waals surface area contributed by atoms with Gasteiger partial charge in [-0.2, -0.15) is 4.98 Å². The maximum atomic E-state index is 13.9. The fraction of sp³-hybridized carbons (Fsp3) is 0.471. The normalized spacial score (nSPS) is 16.1. The van der Waals surface area contributed by atoms with Crippen LogP contribution in [0.4, 0.5) is 10.3 Å². The van der Waals surface area contributed by atoms with E-state index in [0.717, 1.165) is 25.3 Å². The van der Waals surface area contributed by atoms with Gasteiger partial charge in [-0.3, -0.25) is 19.4 Å². The van der Waals surface area contributed by atoms with E-state index < -0.39 is 27.3 Å². The van der Waals surface area contributed by atoms with Gasteiger partial charge >= 0.3 is 0 Å². The molecule has 140 valence electrons. The third-order valence-corrected chi connectivity index (χ3v) is 6.74. The number of benzene rings is 1. The molecule has 1 unspecified atom stereocenters. The molecule has 0 spiro atoms. The first-order valence-electron chi connectivity index (χ1n) is 8.38. The zero-order valence-corrected chi connectivity index (χ0v) is 15.4.